The molecule has 0 saturated heterocycles. The molecule has 2 atom stereocenters. The van der Waals surface area contributed by atoms with E-state index in [1.54, 1.807) is 0 Å². The van der Waals surface area contributed by atoms with Gasteiger partial charge < -0.3 is 0 Å². The Labute approximate surface area is 821 Å². The summed E-state index contributed by atoms with van der Waals surface area (Å²) in [7, 11) is 0. The number of pyridine rings is 14. The fraction of sp³-hybridized carbons (Fsp3) is 0.0154. The van der Waals surface area contributed by atoms with E-state index >= 15 is 0 Å². The van der Waals surface area contributed by atoms with E-state index in [0.29, 0.717) is 0 Å². The van der Waals surface area contributed by atoms with Crippen LogP contribution in [0.3, 0.4) is 0 Å². The normalized spacial score (nSPS) is 14.5. The van der Waals surface area contributed by atoms with Crippen LogP contribution in [0.4, 0.5) is 0 Å². The molecule has 14 heteroatoms. The predicted molar refractivity (Wildman–Crippen MR) is 591 cm³/mol. The minimum absolute atomic E-state index is 0.183. The van der Waals surface area contributed by atoms with E-state index in [9.17, 15) is 0 Å². The van der Waals surface area contributed by atoms with Crippen LogP contribution in [0, 0.1) is 11.8 Å². The molecule has 0 N–H and O–H groups in total. The van der Waals surface area contributed by atoms with Gasteiger partial charge in [0.05, 0.1) is 116 Å². The SMILES string of the molecule is C1=CC2=C(c3c4ccccc4nc4c3ccc3cccnc34)C=CC3=CC=C4C(c5c6ccccc6nc6c5ccc5cccnc56)=CC=C1C4C32.c1cnc2c(c1)ccc1c(-c3ccc(-c4c5ccccc5nc5c4ccc4cccnc45)c4ncccc34)c3ccccc3nc12.c1cnc2c(c1)ccc1c(-c3ccc4nc(-c5c6ccccc6nc6c5ccc5cccnc56)ccc4c3)c3ccccc3nc12. The molecule has 144 heavy (non-hydrogen) atoms. The van der Waals surface area contributed by atoms with Crippen LogP contribution in [0.25, 0.3) is 274 Å². The molecule has 4 aliphatic rings. The van der Waals surface area contributed by atoms with Crippen molar-refractivity contribution in [3.8, 4) is 44.6 Å². The Balaban J connectivity index is 0.000000101. The molecule has 0 saturated carbocycles. The van der Waals surface area contributed by atoms with Crippen molar-refractivity contribution in [2.24, 2.45) is 11.8 Å². The van der Waals surface area contributed by atoms with Crippen LogP contribution in [0.2, 0.25) is 0 Å². The van der Waals surface area contributed by atoms with E-state index in [2.05, 4.69) is 328 Å². The van der Waals surface area contributed by atoms with Crippen molar-refractivity contribution in [1.82, 2.24) is 69.8 Å². The van der Waals surface area contributed by atoms with Crippen molar-refractivity contribution in [2.75, 3.05) is 0 Å². The van der Waals surface area contributed by atoms with Crippen LogP contribution in [0.15, 0.2) is 460 Å². The molecule has 28 aromatic rings. The van der Waals surface area contributed by atoms with Crippen LogP contribution >= 0.6 is 0 Å². The third-order valence-corrected chi connectivity index (χ3v) is 29.8. The van der Waals surface area contributed by atoms with Gasteiger partial charge in [-0.3, -0.25) is 34.9 Å². The van der Waals surface area contributed by atoms with Crippen molar-refractivity contribution in [3.05, 3.63) is 471 Å². The Kier molecular flexibility index (Phi) is 18.0. The van der Waals surface area contributed by atoms with Gasteiger partial charge in [0.15, 0.2) is 0 Å². The zero-order valence-corrected chi connectivity index (χ0v) is 77.0. The summed E-state index contributed by atoms with van der Waals surface area (Å²) in [5.41, 5.74) is 37.6. The molecular formula is C130H74N14. The summed E-state index contributed by atoms with van der Waals surface area (Å²) in [5.74, 6) is 0.366. The van der Waals surface area contributed by atoms with Gasteiger partial charge in [-0.15, -0.1) is 0 Å². The fourth-order valence-corrected chi connectivity index (χ4v) is 23.4. The highest BCUT2D eigenvalue weighted by Gasteiger charge is 2.42. The molecule has 2 unspecified atom stereocenters. The standard InChI is InChI=1S/C48H28N4.2C41H23N5/c1-3-11-39-35(9-1)43(37-23-17-29-7-5-25-49-45(29)47(37)51-39)33-21-15-27-14-20-32-34(22-16-28-13-19-31(33)41(27)42(28)32)44-36-10-2-4-12-40(36)52-48-38(44)24-18-30-8-6-26-50-46(30)48;1-3-13-33-28(10-1)35(31-17-15-24-8-5-21-42-37(24)40(31)45-33)26-19-20-30(39-27(26)12-7-23-44-39)36-29-11-2-4-14-34(29)46-41-32(36)18-16-25-9-6-22-43-38(25)41;1-3-11-33-28(9-1)36(30-17-13-24-7-5-21-42-38(24)40(30)45-33)27-16-19-32-26(23-27)15-20-35(44-32)37-29-10-2-4-12-34(29)46-41-31(37)18-14-25-8-6-22-43-39(25)41/h1-26,41-42H;2*1-23H. The van der Waals surface area contributed by atoms with Crippen LogP contribution in [0.1, 0.15) is 11.1 Å². The predicted octanol–water partition coefficient (Wildman–Crippen LogP) is 31.3. The lowest BCUT2D eigenvalue weighted by Gasteiger charge is -2.42. The second-order valence-corrected chi connectivity index (χ2v) is 37.4. The van der Waals surface area contributed by atoms with Crippen molar-refractivity contribution < 1.29 is 0 Å². The molecule has 32 rings (SSSR count). The van der Waals surface area contributed by atoms with Gasteiger partial charge in [-0.05, 0) is 142 Å². The third kappa shape index (κ3) is 12.5. The Bertz CT molecular complexity index is 10500. The number of rotatable bonds is 6. The van der Waals surface area contributed by atoms with Crippen molar-refractivity contribution in [1.29, 1.82) is 0 Å². The Hall–Kier alpha value is -19.4. The Morgan fingerprint density at radius 3 is 0.972 bits per heavy atom. The Morgan fingerprint density at radius 2 is 0.514 bits per heavy atom. The summed E-state index contributed by atoms with van der Waals surface area (Å²) in [6.45, 7) is 0. The Morgan fingerprint density at radius 1 is 0.181 bits per heavy atom. The number of nitrogens with zero attached hydrogens (tertiary/aromatic N) is 14. The third-order valence-electron chi connectivity index (χ3n) is 29.8. The van der Waals surface area contributed by atoms with Gasteiger partial charge in [0, 0.05) is 202 Å². The van der Waals surface area contributed by atoms with Crippen molar-refractivity contribution >= 4 is 229 Å². The van der Waals surface area contributed by atoms with Crippen LogP contribution in [0.5, 0.6) is 0 Å². The zero-order valence-electron chi connectivity index (χ0n) is 77.0. The van der Waals surface area contributed by atoms with Gasteiger partial charge in [-0.25, -0.2) is 34.9 Å². The molecule has 0 amide bonds. The minimum atomic E-state index is 0.183. The van der Waals surface area contributed by atoms with Crippen LogP contribution in [-0.4, -0.2) is 69.8 Å². The molecule has 0 fully saturated rings. The van der Waals surface area contributed by atoms with E-state index in [-0.39, 0.29) is 11.8 Å². The first kappa shape index (κ1) is 80.6. The summed E-state index contributed by atoms with van der Waals surface area (Å²) in [6.07, 6.45) is 31.8. The lowest BCUT2D eigenvalue weighted by atomic mass is 9.61. The van der Waals surface area contributed by atoms with Gasteiger partial charge in [0.25, 0.3) is 0 Å². The van der Waals surface area contributed by atoms with E-state index in [1.165, 1.54) is 44.6 Å². The second kappa shape index (κ2) is 32.1. The molecule has 0 bridgehead atoms. The summed E-state index contributed by atoms with van der Waals surface area (Å²) >= 11 is 0. The van der Waals surface area contributed by atoms with Gasteiger partial charge in [-0.2, -0.15) is 0 Å². The molecule has 14 nitrogen and oxygen atoms in total. The largest absolute Gasteiger partial charge is 0.256 e. The first-order valence-electron chi connectivity index (χ1n) is 48.6. The molecule has 14 aromatic carbocycles. The maximum atomic E-state index is 5.26. The molecule has 664 valence electrons. The lowest BCUT2D eigenvalue weighted by molar-refractivity contribution is 0.569. The maximum absolute atomic E-state index is 5.26. The highest BCUT2D eigenvalue weighted by atomic mass is 14.8. The van der Waals surface area contributed by atoms with Gasteiger partial charge >= 0.3 is 0 Å². The number of allylic oxidation sites excluding steroid dienone is 14. The summed E-state index contributed by atoms with van der Waals surface area (Å²) < 4.78 is 0. The first-order chi connectivity index (χ1) is 71.4. The first-order valence-corrected chi connectivity index (χ1v) is 48.6. The average Bonchev–Trinajstić information content (AvgIpc) is 0.705. The van der Waals surface area contributed by atoms with Gasteiger partial charge in [0.2, 0.25) is 0 Å². The molecule has 4 aliphatic carbocycles. The number of benzene rings is 14. The van der Waals surface area contributed by atoms with Gasteiger partial charge in [0.1, 0.15) is 0 Å². The van der Waals surface area contributed by atoms with Gasteiger partial charge in [-0.1, -0.05) is 297 Å². The minimum Gasteiger partial charge on any atom is -0.256 e. The smallest absolute Gasteiger partial charge is 0.0979 e. The summed E-state index contributed by atoms with van der Waals surface area (Å²) in [4.78, 5) is 69.7. The zero-order chi connectivity index (χ0) is 94.3. The lowest BCUT2D eigenvalue weighted by Crippen LogP contribution is -2.30. The maximum Gasteiger partial charge on any atom is 0.0979 e. The number of hydrogen-bond acceptors (Lipinski definition) is 14. The second-order valence-electron chi connectivity index (χ2n) is 37.4. The van der Waals surface area contributed by atoms with Crippen molar-refractivity contribution in [2.45, 2.75) is 0 Å². The van der Waals surface area contributed by atoms with E-state index in [0.717, 1.165) is 263 Å². The quantitative estimate of drug-likeness (QED) is 0.113. The number of para-hydroxylation sites is 6. The highest BCUT2D eigenvalue weighted by molar-refractivity contribution is 6.26. The monoisotopic (exact) mass is 1830 g/mol. The van der Waals surface area contributed by atoms with E-state index in [4.69, 9.17) is 69.8 Å². The average molecular weight is 1830 g/mol. The number of hydrogen-bond donors (Lipinski definition) is 0. The summed E-state index contributed by atoms with van der Waals surface area (Å²) in [6, 6.07) is 121. The fourth-order valence-electron chi connectivity index (χ4n) is 23.4. The molecule has 14 heterocycles. The molecule has 0 radical (unpaired) electrons. The number of fused-ring (bicyclic) bond motifs is 26. The summed E-state index contributed by atoms with van der Waals surface area (Å²) in [5, 5.41) is 21.9. The molecule has 0 aliphatic heterocycles. The van der Waals surface area contributed by atoms with E-state index < -0.39 is 0 Å². The van der Waals surface area contributed by atoms with Crippen molar-refractivity contribution in [3.63, 3.8) is 0 Å². The topological polar surface area (TPSA) is 180 Å². The molecule has 0 spiro atoms. The van der Waals surface area contributed by atoms with E-state index in [1.807, 2.05) is 110 Å². The molecule has 14 aromatic heterocycles. The number of aromatic nitrogens is 14. The van der Waals surface area contributed by atoms with Crippen LogP contribution < -0.4 is 0 Å². The highest BCUT2D eigenvalue weighted by Crippen LogP contribution is 2.57. The van der Waals surface area contributed by atoms with Crippen LogP contribution in [-0.2, 0) is 0 Å². The molecular weight excluding hydrogens is 1760 g/mol.